The van der Waals surface area contributed by atoms with E-state index in [0.29, 0.717) is 6.07 Å². The van der Waals surface area contributed by atoms with Crippen molar-refractivity contribution in [1.82, 2.24) is 24.6 Å². The van der Waals surface area contributed by atoms with Gasteiger partial charge in [-0.2, -0.15) is 10.4 Å². The molecule has 2 aromatic carbocycles. The first-order valence-corrected chi connectivity index (χ1v) is 21.2. The molecule has 2 aliphatic rings. The van der Waals surface area contributed by atoms with Crippen LogP contribution in [0.25, 0.3) is 6.08 Å². The van der Waals surface area contributed by atoms with Gasteiger partial charge in [-0.05, 0) is 51.1 Å². The summed E-state index contributed by atoms with van der Waals surface area (Å²) in [7, 11) is 0. The summed E-state index contributed by atoms with van der Waals surface area (Å²) in [6, 6.07) is 8.09. The zero-order valence-corrected chi connectivity index (χ0v) is 36.5. The molecule has 3 heterocycles. The molecule has 1 unspecified atom stereocenters. The second-order valence-corrected chi connectivity index (χ2v) is 16.6. The van der Waals surface area contributed by atoms with E-state index in [1.165, 1.54) is 65.2 Å². The molecule has 20 heteroatoms. The zero-order valence-electron chi connectivity index (χ0n) is 35.6. The minimum atomic E-state index is -1.95. The van der Waals surface area contributed by atoms with E-state index in [4.69, 9.17) is 33.7 Å². The van der Waals surface area contributed by atoms with Crippen LogP contribution in [0.4, 0.5) is 22.8 Å². The lowest BCUT2D eigenvalue weighted by molar-refractivity contribution is -0.173. The largest absolute Gasteiger partial charge is 0.512 e. The number of thioether (sulfide) groups is 1. The third kappa shape index (κ3) is 13.2. The SMILES string of the molecule is C=CCOC(=O)N1C[C@@H](C)N(C(=O)CCC(=O)OC(C)OC(=O)O[C@@](Cn2cncn2)(c2ccc(F)cc2F)[C@@H](C)SC2COC(/C=C/C=C/c3ccc(C#N)cc3F)OC2)[C@@H](C)C1. The number of benzene rings is 2. The number of nitriles is 1. The van der Waals surface area contributed by atoms with Crippen LogP contribution in [0, 0.1) is 28.8 Å². The molecule has 64 heavy (non-hydrogen) atoms. The van der Waals surface area contributed by atoms with Crippen molar-refractivity contribution in [3.63, 3.8) is 0 Å². The van der Waals surface area contributed by atoms with Crippen LogP contribution < -0.4 is 0 Å². The van der Waals surface area contributed by atoms with Gasteiger partial charge in [0.25, 0.3) is 0 Å². The van der Waals surface area contributed by atoms with Crippen molar-refractivity contribution in [2.75, 3.05) is 32.9 Å². The Morgan fingerprint density at radius 2 is 1.75 bits per heavy atom. The number of hydrogen-bond donors (Lipinski definition) is 0. The van der Waals surface area contributed by atoms with Crippen LogP contribution in [0.2, 0.25) is 0 Å². The van der Waals surface area contributed by atoms with E-state index in [1.807, 2.05) is 6.07 Å². The number of carbonyl (C=O) groups is 4. The zero-order chi connectivity index (χ0) is 46.4. The summed E-state index contributed by atoms with van der Waals surface area (Å²) in [4.78, 5) is 59.1. The highest BCUT2D eigenvalue weighted by Crippen LogP contribution is 2.42. The van der Waals surface area contributed by atoms with Crippen molar-refractivity contribution >= 4 is 42.0 Å². The van der Waals surface area contributed by atoms with Gasteiger partial charge in [-0.3, -0.25) is 9.59 Å². The molecule has 16 nitrogen and oxygen atoms in total. The van der Waals surface area contributed by atoms with E-state index >= 15 is 4.39 Å². The smallest absolute Gasteiger partial charge is 0.445 e. The number of esters is 1. The standard InChI is InChI=1S/C44H49F3N6O10S/c1-6-17-58-42(56)51-21-28(2)53(29(3)22-51)39(54)15-16-40(55)61-31(5)62-43(57)63-44(25-52-27-49-26-50-52,36-14-13-34(45)19-38(36)47)30(4)64-35-23-59-41(60-24-35)10-8-7-9-33-12-11-32(20-48)18-37(33)46/h6-14,18-19,26-31,35,41H,1,15-17,21-25H2,2-5H3/b9-7+,10-8+/t28-,29+,30-,31?,35?,41?,44-/m1/s1. The lowest BCUT2D eigenvalue weighted by atomic mass is 9.89. The average Bonchev–Trinajstić information content (AvgIpc) is 3.76. The van der Waals surface area contributed by atoms with Gasteiger partial charge in [0, 0.05) is 61.0 Å². The Labute approximate surface area is 372 Å². The van der Waals surface area contributed by atoms with Crippen molar-refractivity contribution in [3.05, 3.63) is 114 Å². The number of ether oxygens (including phenoxy) is 6. The molecule has 0 radical (unpaired) electrons. The van der Waals surface area contributed by atoms with Crippen LogP contribution in [0.5, 0.6) is 0 Å². The van der Waals surface area contributed by atoms with E-state index in [-0.39, 0.29) is 87.0 Å². The highest BCUT2D eigenvalue weighted by Gasteiger charge is 2.47. The van der Waals surface area contributed by atoms with Gasteiger partial charge < -0.3 is 38.2 Å². The lowest BCUT2D eigenvalue weighted by Crippen LogP contribution is -2.59. The molecule has 0 N–H and O–H groups in total. The predicted octanol–water partition coefficient (Wildman–Crippen LogP) is 6.66. The number of amides is 2. The summed E-state index contributed by atoms with van der Waals surface area (Å²) in [6.07, 6.45) is 5.61. The van der Waals surface area contributed by atoms with Gasteiger partial charge in [0.2, 0.25) is 12.2 Å². The van der Waals surface area contributed by atoms with E-state index in [9.17, 15) is 28.0 Å². The van der Waals surface area contributed by atoms with Crippen molar-refractivity contribution in [1.29, 1.82) is 5.26 Å². The first-order chi connectivity index (χ1) is 30.6. The average molecular weight is 911 g/mol. The Balaban J connectivity index is 1.21. The second-order valence-electron chi connectivity index (χ2n) is 14.9. The minimum Gasteiger partial charge on any atom is -0.445 e. The van der Waals surface area contributed by atoms with Crippen LogP contribution in [0.15, 0.2) is 79.9 Å². The topological polar surface area (TPSA) is 185 Å². The molecule has 2 amide bonds. The van der Waals surface area contributed by atoms with Crippen molar-refractivity contribution in [3.8, 4) is 6.07 Å². The summed E-state index contributed by atoms with van der Waals surface area (Å²) >= 11 is 1.23. The quantitative estimate of drug-likeness (QED) is 0.0460. The highest BCUT2D eigenvalue weighted by atomic mass is 32.2. The molecule has 5 rings (SSSR count). The molecular formula is C44H49F3N6O10S. The molecule has 2 aliphatic heterocycles. The normalized spacial score (nSPS) is 20.8. The third-order valence-electron chi connectivity index (χ3n) is 10.1. The van der Waals surface area contributed by atoms with Crippen molar-refractivity contribution in [2.45, 2.75) is 87.8 Å². The second kappa shape index (κ2) is 23.0. The highest BCUT2D eigenvalue weighted by molar-refractivity contribution is 8.00. The molecule has 1 aromatic heterocycles. The lowest BCUT2D eigenvalue weighted by Gasteiger charge is -2.44. The fourth-order valence-electron chi connectivity index (χ4n) is 7.22. The monoisotopic (exact) mass is 910 g/mol. The van der Waals surface area contributed by atoms with Crippen molar-refractivity contribution < 1.29 is 60.8 Å². The fraction of sp³-hybridized carbons (Fsp3) is 0.432. The van der Waals surface area contributed by atoms with E-state index in [2.05, 4.69) is 16.7 Å². The van der Waals surface area contributed by atoms with E-state index in [1.54, 1.807) is 43.9 Å². The maximum absolute atomic E-state index is 15.8. The molecule has 0 bridgehead atoms. The van der Waals surface area contributed by atoms with Gasteiger partial charge in [0.15, 0.2) is 11.9 Å². The number of allylic oxidation sites excluding steroid dienone is 2. The van der Waals surface area contributed by atoms with Crippen LogP contribution in [0.1, 0.15) is 57.2 Å². The number of hydrogen-bond acceptors (Lipinski definition) is 14. The van der Waals surface area contributed by atoms with Crippen LogP contribution in [0.3, 0.4) is 0 Å². The third-order valence-corrected chi connectivity index (χ3v) is 11.6. The molecule has 0 saturated carbocycles. The Morgan fingerprint density at radius 3 is 2.39 bits per heavy atom. The molecule has 3 aromatic rings. The number of carbonyl (C=O) groups excluding carboxylic acids is 4. The summed E-state index contributed by atoms with van der Waals surface area (Å²) in [6.45, 7) is 10.5. The van der Waals surface area contributed by atoms with Gasteiger partial charge in [-0.15, -0.1) is 11.8 Å². The molecule has 2 saturated heterocycles. The summed E-state index contributed by atoms with van der Waals surface area (Å²) in [5, 5.41) is 11.9. The van der Waals surface area contributed by atoms with Gasteiger partial charge >= 0.3 is 18.2 Å². The molecule has 0 spiro atoms. The van der Waals surface area contributed by atoms with Gasteiger partial charge in [-0.25, -0.2) is 32.4 Å². The molecule has 342 valence electrons. The van der Waals surface area contributed by atoms with Crippen LogP contribution in [-0.4, -0.2) is 117 Å². The Bertz CT molecular complexity index is 2200. The number of piperazine rings is 1. The van der Waals surface area contributed by atoms with Gasteiger partial charge in [-0.1, -0.05) is 36.9 Å². The van der Waals surface area contributed by atoms with E-state index < -0.39 is 64.4 Å². The summed E-state index contributed by atoms with van der Waals surface area (Å²) < 4.78 is 79.2. The number of rotatable bonds is 17. The maximum atomic E-state index is 15.8. The van der Waals surface area contributed by atoms with E-state index in [0.717, 1.165) is 18.2 Å². The predicted molar refractivity (Wildman–Crippen MR) is 225 cm³/mol. The number of halogens is 3. The van der Waals surface area contributed by atoms with Crippen LogP contribution in [-0.2, 0) is 50.2 Å². The summed E-state index contributed by atoms with van der Waals surface area (Å²) in [5.41, 5.74) is -1.68. The number of aromatic nitrogens is 3. The first kappa shape index (κ1) is 48.9. The Morgan fingerprint density at radius 1 is 1.02 bits per heavy atom. The maximum Gasteiger partial charge on any atom is 0.512 e. The fourth-order valence-corrected chi connectivity index (χ4v) is 8.59. The molecule has 0 aliphatic carbocycles. The minimum absolute atomic E-state index is 0.0557. The summed E-state index contributed by atoms with van der Waals surface area (Å²) in [5.74, 6) is -3.65. The molecule has 5 atom stereocenters. The Kier molecular flexibility index (Phi) is 17.5. The van der Waals surface area contributed by atoms with Crippen LogP contribution >= 0.6 is 11.8 Å². The van der Waals surface area contributed by atoms with Gasteiger partial charge in [0.1, 0.15) is 36.7 Å². The number of nitrogens with zero attached hydrogens (tertiary/aromatic N) is 6. The first-order valence-electron chi connectivity index (χ1n) is 20.3. The van der Waals surface area contributed by atoms with Crippen molar-refractivity contribution in [2.24, 2.45) is 0 Å². The Hall–Kier alpha value is -6.17. The van der Waals surface area contributed by atoms with Gasteiger partial charge in [0.05, 0.1) is 43.1 Å². The molecule has 2 fully saturated rings. The molecular weight excluding hydrogens is 862 g/mol.